The van der Waals surface area contributed by atoms with Gasteiger partial charge in [-0.3, -0.25) is 24.4 Å². The minimum absolute atomic E-state index is 0.0452. The van der Waals surface area contributed by atoms with Crippen molar-refractivity contribution in [3.05, 3.63) is 81.2 Å². The molecule has 0 spiro atoms. The number of nitrogens with one attached hydrogen (secondary N) is 1. The van der Waals surface area contributed by atoms with Crippen LogP contribution in [0, 0.1) is 19.8 Å². The fraction of sp³-hybridized carbons (Fsp3) is 0.269. The average Bonchev–Trinajstić information content (AvgIpc) is 3.06. The van der Waals surface area contributed by atoms with Gasteiger partial charge >= 0.3 is 0 Å². The average molecular weight is 496 g/mol. The third kappa shape index (κ3) is 5.03. The lowest BCUT2D eigenvalue weighted by Crippen LogP contribution is -2.27. The summed E-state index contributed by atoms with van der Waals surface area (Å²) in [5, 5.41) is 3.75. The van der Waals surface area contributed by atoms with Gasteiger partial charge in [-0.15, -0.1) is 0 Å². The van der Waals surface area contributed by atoms with E-state index < -0.39 is 11.8 Å². The predicted octanol–water partition coefficient (Wildman–Crippen LogP) is 5.02. The number of Topliss-reactive ketones (excluding diaryl/α,β-unsaturated/α-hetero) is 2. The summed E-state index contributed by atoms with van der Waals surface area (Å²) in [7, 11) is 0. The van der Waals surface area contributed by atoms with Crippen LogP contribution in [0.15, 0.2) is 48.8 Å². The molecule has 1 amide bonds. The van der Waals surface area contributed by atoms with E-state index in [0.29, 0.717) is 15.7 Å². The van der Waals surface area contributed by atoms with Gasteiger partial charge in [0.15, 0.2) is 5.78 Å². The Balaban J connectivity index is 1.48. The monoisotopic (exact) mass is 495 g/mol. The quantitative estimate of drug-likeness (QED) is 0.485. The van der Waals surface area contributed by atoms with E-state index in [1.165, 1.54) is 0 Å². The number of pyridine rings is 2. The molecule has 6 nitrogen and oxygen atoms in total. The summed E-state index contributed by atoms with van der Waals surface area (Å²) in [6.45, 7) is 3.94. The van der Waals surface area contributed by atoms with Crippen LogP contribution in [-0.4, -0.2) is 27.4 Å². The summed E-state index contributed by atoms with van der Waals surface area (Å²) in [5.74, 6) is -2.17. The number of nitrogens with zero attached hydrogens (tertiary/aromatic N) is 2. The molecule has 34 heavy (non-hydrogen) atoms. The highest BCUT2D eigenvalue weighted by atomic mass is 35.5. The van der Waals surface area contributed by atoms with E-state index in [9.17, 15) is 14.4 Å². The maximum Gasteiger partial charge on any atom is 0.221 e. The number of hydrogen-bond acceptors (Lipinski definition) is 5. The molecule has 2 aromatic heterocycles. The first-order valence-electron chi connectivity index (χ1n) is 10.9. The largest absolute Gasteiger partial charge is 0.350 e. The Morgan fingerprint density at radius 3 is 2.47 bits per heavy atom. The third-order valence-corrected chi connectivity index (χ3v) is 6.65. The number of amides is 1. The molecular weight excluding hydrogens is 473 g/mol. The van der Waals surface area contributed by atoms with E-state index >= 15 is 0 Å². The second-order valence-corrected chi connectivity index (χ2v) is 9.34. The Morgan fingerprint density at radius 2 is 1.82 bits per heavy atom. The highest BCUT2D eigenvalue weighted by molar-refractivity contribution is 6.31. The molecule has 3 aromatic rings. The Labute approximate surface area is 207 Å². The van der Waals surface area contributed by atoms with Crippen molar-refractivity contribution < 1.29 is 14.4 Å². The van der Waals surface area contributed by atoms with E-state index in [1.807, 2.05) is 32.0 Å². The van der Waals surface area contributed by atoms with Gasteiger partial charge in [-0.2, -0.15) is 0 Å². The molecule has 8 heteroatoms. The summed E-state index contributed by atoms with van der Waals surface area (Å²) in [5.41, 5.74) is 4.59. The molecule has 2 atom stereocenters. The highest BCUT2D eigenvalue weighted by Gasteiger charge is 2.43. The van der Waals surface area contributed by atoms with Crippen LogP contribution >= 0.6 is 23.2 Å². The van der Waals surface area contributed by atoms with Crippen LogP contribution in [-0.2, 0) is 20.9 Å². The number of benzene rings is 1. The molecule has 1 aliphatic carbocycles. The lowest BCUT2D eigenvalue weighted by Gasteiger charge is -2.17. The second-order valence-electron chi connectivity index (χ2n) is 8.50. The molecule has 4 rings (SSSR count). The van der Waals surface area contributed by atoms with Crippen molar-refractivity contribution in [1.29, 1.82) is 0 Å². The zero-order chi connectivity index (χ0) is 24.4. The Hall–Kier alpha value is -3.09. The highest BCUT2D eigenvalue weighted by Crippen LogP contribution is 2.38. The molecule has 0 aliphatic heterocycles. The molecule has 2 unspecified atom stereocenters. The number of hydrogen-bond donors (Lipinski definition) is 1. The second kappa shape index (κ2) is 10.0. The first kappa shape index (κ1) is 24.0. The topological polar surface area (TPSA) is 89.0 Å². The predicted molar refractivity (Wildman–Crippen MR) is 131 cm³/mol. The SMILES string of the molecule is Cc1cc(-c2ccc(Cl)cn2)cc(C)c1C1C(=O)CC(CC(=O)NCc2ncccc2Cl)C1=O. The third-order valence-electron chi connectivity index (χ3n) is 6.08. The van der Waals surface area contributed by atoms with Crippen molar-refractivity contribution in [2.24, 2.45) is 5.92 Å². The summed E-state index contributed by atoms with van der Waals surface area (Å²) in [4.78, 5) is 47.1. The normalized spacial score (nSPS) is 17.8. The first-order valence-corrected chi connectivity index (χ1v) is 11.7. The molecule has 0 bridgehead atoms. The van der Waals surface area contributed by atoms with Crippen molar-refractivity contribution in [3.63, 3.8) is 0 Å². The van der Waals surface area contributed by atoms with Crippen LogP contribution in [0.2, 0.25) is 10.0 Å². The molecule has 174 valence electrons. The fourth-order valence-corrected chi connectivity index (χ4v) is 4.78. The van der Waals surface area contributed by atoms with Gasteiger partial charge < -0.3 is 5.32 Å². The van der Waals surface area contributed by atoms with Crippen LogP contribution < -0.4 is 5.32 Å². The molecule has 1 fully saturated rings. The Morgan fingerprint density at radius 1 is 1.09 bits per heavy atom. The van der Waals surface area contributed by atoms with Crippen LogP contribution in [0.5, 0.6) is 0 Å². The van der Waals surface area contributed by atoms with Gasteiger partial charge in [0.05, 0.1) is 28.0 Å². The maximum absolute atomic E-state index is 13.2. The Kier molecular flexibility index (Phi) is 7.10. The van der Waals surface area contributed by atoms with Gasteiger partial charge in [0.25, 0.3) is 0 Å². The Bertz CT molecular complexity index is 1250. The maximum atomic E-state index is 13.2. The van der Waals surface area contributed by atoms with Crippen LogP contribution in [0.25, 0.3) is 11.3 Å². The van der Waals surface area contributed by atoms with Gasteiger partial charge in [0.1, 0.15) is 11.7 Å². The number of carbonyl (C=O) groups is 3. The van der Waals surface area contributed by atoms with E-state index in [0.717, 1.165) is 27.9 Å². The van der Waals surface area contributed by atoms with E-state index in [4.69, 9.17) is 23.2 Å². The van der Waals surface area contributed by atoms with Crippen molar-refractivity contribution in [2.75, 3.05) is 0 Å². The molecule has 0 radical (unpaired) electrons. The molecule has 1 aromatic carbocycles. The summed E-state index contributed by atoms with van der Waals surface area (Å²) < 4.78 is 0. The van der Waals surface area contributed by atoms with E-state index in [1.54, 1.807) is 30.6 Å². The fourth-order valence-electron chi connectivity index (χ4n) is 4.48. The molecule has 1 aliphatic rings. The van der Waals surface area contributed by atoms with Crippen LogP contribution in [0.3, 0.4) is 0 Å². The minimum atomic E-state index is -0.852. The van der Waals surface area contributed by atoms with Gasteiger partial charge in [-0.1, -0.05) is 23.2 Å². The van der Waals surface area contributed by atoms with Gasteiger partial charge in [-0.25, -0.2) is 0 Å². The van der Waals surface area contributed by atoms with Crippen molar-refractivity contribution in [1.82, 2.24) is 15.3 Å². The van der Waals surface area contributed by atoms with E-state index in [2.05, 4.69) is 15.3 Å². The number of carbonyl (C=O) groups excluding carboxylic acids is 3. The van der Waals surface area contributed by atoms with Crippen molar-refractivity contribution in [2.45, 2.75) is 39.2 Å². The molecular formula is C26H23Cl2N3O3. The van der Waals surface area contributed by atoms with Gasteiger partial charge in [0, 0.05) is 36.7 Å². The van der Waals surface area contributed by atoms with Gasteiger partial charge in [-0.05, 0) is 66.9 Å². The zero-order valence-corrected chi connectivity index (χ0v) is 20.3. The summed E-state index contributed by atoms with van der Waals surface area (Å²) in [6, 6.07) is 10.8. The van der Waals surface area contributed by atoms with Gasteiger partial charge in [0.2, 0.25) is 5.91 Å². The standard InChI is InChI=1S/C26H23Cl2N3O3/c1-14-8-16(20-6-5-18(27)12-30-20)9-15(2)24(14)25-22(32)10-17(26(25)34)11-23(33)31-13-21-19(28)4-3-7-29-21/h3-9,12,17,25H,10-11,13H2,1-2H3,(H,31,33). The summed E-state index contributed by atoms with van der Waals surface area (Å²) in [6.07, 6.45) is 3.18. The molecule has 2 heterocycles. The first-order chi connectivity index (χ1) is 16.2. The van der Waals surface area contributed by atoms with Crippen LogP contribution in [0.1, 0.15) is 41.1 Å². The lowest BCUT2D eigenvalue weighted by molar-refractivity contribution is -0.128. The van der Waals surface area contributed by atoms with Crippen LogP contribution in [0.4, 0.5) is 0 Å². The molecule has 1 N–H and O–H groups in total. The number of aryl methyl sites for hydroxylation is 2. The number of halogens is 2. The summed E-state index contributed by atoms with van der Waals surface area (Å²) >= 11 is 12.0. The smallest absolute Gasteiger partial charge is 0.221 e. The molecule has 1 saturated carbocycles. The van der Waals surface area contributed by atoms with Crippen molar-refractivity contribution >= 4 is 40.7 Å². The zero-order valence-electron chi connectivity index (χ0n) is 18.8. The number of aromatic nitrogens is 2. The molecule has 0 saturated heterocycles. The van der Waals surface area contributed by atoms with Crippen molar-refractivity contribution in [3.8, 4) is 11.3 Å². The number of rotatable bonds is 6. The van der Waals surface area contributed by atoms with E-state index in [-0.39, 0.29) is 36.9 Å². The minimum Gasteiger partial charge on any atom is -0.350 e. The lowest BCUT2D eigenvalue weighted by atomic mass is 9.85. The number of ketones is 2.